The Morgan fingerprint density at radius 3 is 2.82 bits per heavy atom. The standard InChI is InChI=1S/C20H25N3O3.2ClH/c1-13-8-14-4-2-3-5-17(14)23(13)12-19-16(6-7-26-19)20(25)22-10-15-9-21-11-18(15)24;;/h2-7,13,15,18,21,24H,8-12H2,1H3,(H,22,25);2*1H. The minimum absolute atomic E-state index is 0. The van der Waals surface area contributed by atoms with Gasteiger partial charge in [-0.05, 0) is 31.0 Å². The molecule has 0 radical (unpaired) electrons. The number of aliphatic hydroxyl groups is 1. The normalized spacial score (nSPS) is 22.9. The van der Waals surface area contributed by atoms with Crippen LogP contribution in [-0.4, -0.2) is 42.8 Å². The number of carbonyl (C=O) groups is 1. The van der Waals surface area contributed by atoms with Gasteiger partial charge < -0.3 is 25.1 Å². The molecule has 2 aromatic rings. The molecular weight excluding hydrogens is 401 g/mol. The predicted molar refractivity (Wildman–Crippen MR) is 114 cm³/mol. The Kier molecular flexibility index (Phi) is 7.78. The van der Waals surface area contributed by atoms with E-state index in [2.05, 4.69) is 40.7 Å². The number of furan rings is 1. The van der Waals surface area contributed by atoms with E-state index in [1.165, 1.54) is 11.3 Å². The molecule has 0 spiro atoms. The lowest BCUT2D eigenvalue weighted by molar-refractivity contribution is 0.0925. The summed E-state index contributed by atoms with van der Waals surface area (Å²) < 4.78 is 5.64. The van der Waals surface area contributed by atoms with Crippen LogP contribution in [0.5, 0.6) is 0 Å². The van der Waals surface area contributed by atoms with Gasteiger partial charge in [-0.25, -0.2) is 0 Å². The van der Waals surface area contributed by atoms with E-state index in [9.17, 15) is 9.90 Å². The Morgan fingerprint density at radius 1 is 1.29 bits per heavy atom. The highest BCUT2D eigenvalue weighted by Crippen LogP contribution is 2.33. The average Bonchev–Trinajstić information content (AvgIpc) is 3.33. The van der Waals surface area contributed by atoms with Crippen molar-refractivity contribution in [1.82, 2.24) is 10.6 Å². The molecule has 2 aliphatic heterocycles. The largest absolute Gasteiger partial charge is 0.467 e. The number of anilines is 1. The first-order valence-corrected chi connectivity index (χ1v) is 9.21. The Balaban J connectivity index is 0.00000140. The molecule has 1 amide bonds. The minimum atomic E-state index is -0.402. The molecule has 154 valence electrons. The van der Waals surface area contributed by atoms with E-state index in [1.807, 2.05) is 6.07 Å². The molecule has 1 saturated heterocycles. The van der Waals surface area contributed by atoms with Crippen LogP contribution in [0.25, 0.3) is 0 Å². The van der Waals surface area contributed by atoms with E-state index < -0.39 is 6.10 Å². The van der Waals surface area contributed by atoms with Gasteiger partial charge >= 0.3 is 0 Å². The molecule has 28 heavy (non-hydrogen) atoms. The van der Waals surface area contributed by atoms with Crippen LogP contribution in [0.15, 0.2) is 41.0 Å². The zero-order valence-corrected chi connectivity index (χ0v) is 17.4. The van der Waals surface area contributed by atoms with Crippen LogP contribution >= 0.6 is 24.8 Å². The van der Waals surface area contributed by atoms with Crippen LogP contribution in [0.1, 0.15) is 28.6 Å². The van der Waals surface area contributed by atoms with Gasteiger partial charge in [-0.2, -0.15) is 0 Å². The van der Waals surface area contributed by atoms with E-state index in [4.69, 9.17) is 4.42 Å². The summed E-state index contributed by atoms with van der Waals surface area (Å²) in [6, 6.07) is 10.5. The van der Waals surface area contributed by atoms with Crippen LogP contribution in [0, 0.1) is 5.92 Å². The fraction of sp³-hybridized carbons (Fsp3) is 0.450. The number of hydrogen-bond donors (Lipinski definition) is 3. The number of hydrogen-bond acceptors (Lipinski definition) is 5. The number of benzene rings is 1. The van der Waals surface area contributed by atoms with Gasteiger partial charge in [0.05, 0.1) is 24.5 Å². The fourth-order valence-electron chi connectivity index (χ4n) is 3.94. The third-order valence-corrected chi connectivity index (χ3v) is 5.48. The van der Waals surface area contributed by atoms with Crippen molar-refractivity contribution in [3.63, 3.8) is 0 Å². The van der Waals surface area contributed by atoms with Gasteiger partial charge in [0, 0.05) is 37.3 Å². The summed E-state index contributed by atoms with van der Waals surface area (Å²) in [5.74, 6) is 0.587. The molecule has 8 heteroatoms. The number of amides is 1. The lowest BCUT2D eigenvalue weighted by Gasteiger charge is -2.24. The number of fused-ring (bicyclic) bond motifs is 1. The second kappa shape index (κ2) is 9.65. The van der Waals surface area contributed by atoms with Crippen LogP contribution in [0.4, 0.5) is 5.69 Å². The van der Waals surface area contributed by atoms with Gasteiger partial charge in [0.15, 0.2) is 0 Å². The molecule has 6 nitrogen and oxygen atoms in total. The molecule has 0 aliphatic carbocycles. The summed E-state index contributed by atoms with van der Waals surface area (Å²) in [4.78, 5) is 14.9. The zero-order valence-electron chi connectivity index (χ0n) is 15.8. The van der Waals surface area contributed by atoms with Gasteiger partial charge in [0.2, 0.25) is 0 Å². The molecule has 0 saturated carbocycles. The monoisotopic (exact) mass is 427 g/mol. The number of aliphatic hydroxyl groups excluding tert-OH is 1. The van der Waals surface area contributed by atoms with E-state index in [1.54, 1.807) is 12.3 Å². The van der Waals surface area contributed by atoms with Gasteiger partial charge in [-0.15, -0.1) is 24.8 Å². The topological polar surface area (TPSA) is 77.7 Å². The van der Waals surface area contributed by atoms with Gasteiger partial charge in [-0.3, -0.25) is 4.79 Å². The van der Waals surface area contributed by atoms with Crippen molar-refractivity contribution in [2.45, 2.75) is 32.0 Å². The maximum Gasteiger partial charge on any atom is 0.254 e. The summed E-state index contributed by atoms with van der Waals surface area (Å²) in [5, 5.41) is 15.9. The predicted octanol–water partition coefficient (Wildman–Crippen LogP) is 2.38. The Morgan fingerprint density at radius 2 is 2.07 bits per heavy atom. The molecule has 1 aromatic heterocycles. The highest BCUT2D eigenvalue weighted by molar-refractivity contribution is 5.95. The van der Waals surface area contributed by atoms with E-state index in [0.29, 0.717) is 37.0 Å². The molecule has 3 N–H and O–H groups in total. The van der Waals surface area contributed by atoms with Crippen molar-refractivity contribution in [2.24, 2.45) is 5.92 Å². The lowest BCUT2D eigenvalue weighted by Crippen LogP contribution is -2.35. The quantitative estimate of drug-likeness (QED) is 0.682. The number of β-amino-alcohol motifs (C(OH)–C–C–N with tert-alkyl or cyclic N) is 1. The number of rotatable bonds is 5. The molecular formula is C20H27Cl2N3O3. The average molecular weight is 428 g/mol. The van der Waals surface area contributed by atoms with Crippen molar-refractivity contribution >= 4 is 36.4 Å². The minimum Gasteiger partial charge on any atom is -0.467 e. The number of para-hydroxylation sites is 1. The number of halogens is 2. The Bertz CT molecular complexity index is 799. The van der Waals surface area contributed by atoms with Crippen LogP contribution < -0.4 is 15.5 Å². The SMILES string of the molecule is CC1Cc2ccccc2N1Cc1occc1C(=O)NCC1CNCC1O.Cl.Cl. The second-order valence-corrected chi connectivity index (χ2v) is 7.26. The van der Waals surface area contributed by atoms with Crippen LogP contribution in [-0.2, 0) is 13.0 Å². The van der Waals surface area contributed by atoms with Crippen LogP contribution in [0.3, 0.4) is 0 Å². The molecule has 3 atom stereocenters. The number of nitrogens with zero attached hydrogens (tertiary/aromatic N) is 1. The highest BCUT2D eigenvalue weighted by atomic mass is 35.5. The maximum atomic E-state index is 12.6. The van der Waals surface area contributed by atoms with E-state index in [0.717, 1.165) is 13.0 Å². The van der Waals surface area contributed by atoms with Crippen molar-refractivity contribution in [1.29, 1.82) is 0 Å². The molecule has 1 aromatic carbocycles. The third kappa shape index (κ3) is 4.46. The second-order valence-electron chi connectivity index (χ2n) is 7.26. The van der Waals surface area contributed by atoms with E-state index >= 15 is 0 Å². The maximum absolute atomic E-state index is 12.6. The van der Waals surface area contributed by atoms with Crippen molar-refractivity contribution in [3.8, 4) is 0 Å². The zero-order chi connectivity index (χ0) is 18.1. The fourth-order valence-corrected chi connectivity index (χ4v) is 3.94. The number of carbonyl (C=O) groups excluding carboxylic acids is 1. The highest BCUT2D eigenvalue weighted by Gasteiger charge is 2.29. The molecule has 4 rings (SSSR count). The van der Waals surface area contributed by atoms with Gasteiger partial charge in [0.1, 0.15) is 5.76 Å². The van der Waals surface area contributed by atoms with E-state index in [-0.39, 0.29) is 36.6 Å². The van der Waals surface area contributed by atoms with Crippen molar-refractivity contribution in [2.75, 3.05) is 24.5 Å². The lowest BCUT2D eigenvalue weighted by atomic mass is 10.1. The van der Waals surface area contributed by atoms with Crippen LogP contribution in [0.2, 0.25) is 0 Å². The van der Waals surface area contributed by atoms with Gasteiger partial charge in [0.25, 0.3) is 5.91 Å². The first-order chi connectivity index (χ1) is 12.6. The molecule has 2 aliphatic rings. The summed E-state index contributed by atoms with van der Waals surface area (Å²) in [5.41, 5.74) is 3.12. The number of nitrogens with one attached hydrogen (secondary N) is 2. The smallest absolute Gasteiger partial charge is 0.254 e. The molecule has 1 fully saturated rings. The Hall–Kier alpha value is -1.73. The first-order valence-electron chi connectivity index (χ1n) is 9.21. The summed E-state index contributed by atoms with van der Waals surface area (Å²) in [6.45, 7) is 4.53. The molecule has 0 bridgehead atoms. The molecule has 3 unspecified atom stereocenters. The summed E-state index contributed by atoms with van der Waals surface area (Å²) >= 11 is 0. The van der Waals surface area contributed by atoms with Crippen molar-refractivity contribution < 1.29 is 14.3 Å². The first kappa shape index (κ1) is 22.6. The molecule has 3 heterocycles. The summed E-state index contributed by atoms with van der Waals surface area (Å²) in [6.07, 6.45) is 2.18. The summed E-state index contributed by atoms with van der Waals surface area (Å²) in [7, 11) is 0. The third-order valence-electron chi connectivity index (χ3n) is 5.48. The Labute approximate surface area is 177 Å². The van der Waals surface area contributed by atoms with Crippen molar-refractivity contribution in [3.05, 3.63) is 53.5 Å². The van der Waals surface area contributed by atoms with Gasteiger partial charge in [-0.1, -0.05) is 18.2 Å².